The van der Waals surface area contributed by atoms with E-state index < -0.39 is 0 Å². The van der Waals surface area contributed by atoms with E-state index in [0.717, 1.165) is 47.1 Å². The van der Waals surface area contributed by atoms with E-state index >= 15 is 0 Å². The molecule has 3 rings (SSSR count). The maximum absolute atomic E-state index is 12.8. The number of rotatable bonds is 6. The average molecular weight is 374 g/mol. The number of aryl methyl sites for hydroxylation is 1. The number of hydrogen-bond acceptors (Lipinski definition) is 4. The molecule has 1 heterocycles. The van der Waals surface area contributed by atoms with Gasteiger partial charge in [-0.1, -0.05) is 13.0 Å². The summed E-state index contributed by atoms with van der Waals surface area (Å²) in [5.74, 6) is 2.29. The van der Waals surface area contributed by atoms with Crippen LogP contribution in [0.3, 0.4) is 0 Å². The van der Waals surface area contributed by atoms with Crippen molar-refractivity contribution in [1.82, 2.24) is 4.90 Å². The molecule has 2 aromatic rings. The lowest BCUT2D eigenvalue weighted by Crippen LogP contribution is -2.28. The minimum atomic E-state index is 0.123. The quantitative estimate of drug-likeness (QED) is 0.761. The Morgan fingerprint density at radius 1 is 1.23 bits per heavy atom. The number of hydrogen-bond donors (Lipinski definition) is 0. The van der Waals surface area contributed by atoms with E-state index in [1.54, 1.807) is 25.6 Å². The number of thiophene rings is 1. The number of ether oxygens (including phenoxy) is 2. The number of fused-ring (bicyclic) bond motifs is 1. The maximum Gasteiger partial charge on any atom is 0.263 e. The number of amides is 1. The van der Waals surface area contributed by atoms with Gasteiger partial charge in [-0.3, -0.25) is 4.79 Å². The van der Waals surface area contributed by atoms with Gasteiger partial charge in [-0.2, -0.15) is 0 Å². The molecule has 1 aliphatic rings. The molecule has 1 unspecified atom stereocenters. The summed E-state index contributed by atoms with van der Waals surface area (Å²) in [6, 6.07) is 8.02. The molecular weight excluding hydrogens is 346 g/mol. The molecule has 0 N–H and O–H groups in total. The van der Waals surface area contributed by atoms with Gasteiger partial charge < -0.3 is 14.4 Å². The zero-order valence-corrected chi connectivity index (χ0v) is 16.8. The van der Waals surface area contributed by atoms with Gasteiger partial charge in [0.25, 0.3) is 5.91 Å². The first-order chi connectivity index (χ1) is 12.5. The highest BCUT2D eigenvalue weighted by atomic mass is 32.1. The highest BCUT2D eigenvalue weighted by Crippen LogP contribution is 2.33. The van der Waals surface area contributed by atoms with Gasteiger partial charge in [0.2, 0.25) is 0 Å². The number of carbonyl (C=O) groups is 1. The minimum absolute atomic E-state index is 0.123. The van der Waals surface area contributed by atoms with Crippen LogP contribution in [0, 0.1) is 5.92 Å². The fourth-order valence-corrected chi connectivity index (χ4v) is 4.64. The van der Waals surface area contributed by atoms with Crippen molar-refractivity contribution in [3.8, 4) is 11.5 Å². The van der Waals surface area contributed by atoms with Crippen LogP contribution in [-0.4, -0.2) is 38.6 Å². The predicted molar refractivity (Wildman–Crippen MR) is 106 cm³/mol. The fraction of sp³-hybridized carbons (Fsp3) is 0.476. The number of carbonyl (C=O) groups excluding carboxylic acids is 1. The molecule has 0 saturated carbocycles. The van der Waals surface area contributed by atoms with Gasteiger partial charge in [0.1, 0.15) is 0 Å². The maximum atomic E-state index is 12.8. The van der Waals surface area contributed by atoms with Crippen molar-refractivity contribution in [1.29, 1.82) is 0 Å². The summed E-state index contributed by atoms with van der Waals surface area (Å²) >= 11 is 1.68. The van der Waals surface area contributed by atoms with Crippen LogP contribution in [0.1, 0.15) is 39.0 Å². The van der Waals surface area contributed by atoms with Crippen LogP contribution in [0.15, 0.2) is 24.3 Å². The molecule has 4 nitrogen and oxygen atoms in total. The molecule has 0 radical (unpaired) electrons. The van der Waals surface area contributed by atoms with Gasteiger partial charge in [-0.25, -0.2) is 0 Å². The summed E-state index contributed by atoms with van der Waals surface area (Å²) < 4.78 is 10.6. The number of methoxy groups -OCH3 is 2. The second-order valence-corrected chi connectivity index (χ2v) is 8.21. The van der Waals surface area contributed by atoms with Crippen LogP contribution < -0.4 is 9.47 Å². The molecule has 1 aliphatic carbocycles. The molecule has 1 atom stereocenters. The Bertz CT molecular complexity index is 784. The highest BCUT2D eigenvalue weighted by molar-refractivity contribution is 7.14. The molecular formula is C21H27NO3S. The fourth-order valence-electron chi connectivity index (χ4n) is 3.43. The van der Waals surface area contributed by atoms with Gasteiger partial charge in [0.05, 0.1) is 19.1 Å². The third-order valence-electron chi connectivity index (χ3n) is 5.07. The second kappa shape index (κ2) is 8.12. The van der Waals surface area contributed by atoms with Gasteiger partial charge in [0, 0.05) is 18.5 Å². The van der Waals surface area contributed by atoms with Gasteiger partial charge in [0.15, 0.2) is 11.5 Å². The molecule has 0 saturated heterocycles. The van der Waals surface area contributed by atoms with E-state index in [9.17, 15) is 4.79 Å². The lowest BCUT2D eigenvalue weighted by atomic mass is 9.90. The Morgan fingerprint density at radius 3 is 2.73 bits per heavy atom. The van der Waals surface area contributed by atoms with E-state index in [4.69, 9.17) is 9.47 Å². The first-order valence-electron chi connectivity index (χ1n) is 9.09. The highest BCUT2D eigenvalue weighted by Gasteiger charge is 2.22. The van der Waals surface area contributed by atoms with Gasteiger partial charge in [-0.05, 0) is 60.9 Å². The van der Waals surface area contributed by atoms with Crippen LogP contribution in [0.2, 0.25) is 0 Å². The summed E-state index contributed by atoms with van der Waals surface area (Å²) in [7, 11) is 5.15. The summed E-state index contributed by atoms with van der Waals surface area (Å²) in [5.41, 5.74) is 2.51. The lowest BCUT2D eigenvalue weighted by molar-refractivity contribution is 0.0801. The molecule has 140 valence electrons. The van der Waals surface area contributed by atoms with Crippen LogP contribution in [0.4, 0.5) is 0 Å². The zero-order valence-electron chi connectivity index (χ0n) is 16.0. The van der Waals surface area contributed by atoms with E-state index in [0.29, 0.717) is 6.54 Å². The first-order valence-corrected chi connectivity index (χ1v) is 9.91. The summed E-state index contributed by atoms with van der Waals surface area (Å²) in [6.45, 7) is 2.96. The SMILES string of the molecule is COc1ccc(CCN(C)C(=O)c2cc3c(s2)CCC(C)C3)cc1OC. The van der Waals surface area contributed by atoms with E-state index in [1.165, 1.54) is 16.9 Å². The average Bonchev–Trinajstić information content (AvgIpc) is 3.08. The molecule has 5 heteroatoms. The summed E-state index contributed by atoms with van der Waals surface area (Å²) in [4.78, 5) is 16.9. The molecule has 0 aliphatic heterocycles. The standard InChI is InChI=1S/C21H27NO3S/c1-14-5-8-19-16(11-14)13-20(26-19)21(23)22(2)10-9-15-6-7-17(24-3)18(12-15)25-4/h6-7,12-14H,5,8-11H2,1-4H3. The number of likely N-dealkylation sites (N-methyl/N-ethyl adjacent to an activating group) is 1. The monoisotopic (exact) mass is 373 g/mol. The Morgan fingerprint density at radius 2 is 2.00 bits per heavy atom. The Labute approximate surface area is 159 Å². The molecule has 0 spiro atoms. The second-order valence-electron chi connectivity index (χ2n) is 7.07. The molecule has 0 fully saturated rings. The van der Waals surface area contributed by atoms with Gasteiger partial charge in [-0.15, -0.1) is 11.3 Å². The normalized spacial score (nSPS) is 16.1. The first kappa shape index (κ1) is 18.8. The van der Waals surface area contributed by atoms with Gasteiger partial charge >= 0.3 is 0 Å². The topological polar surface area (TPSA) is 38.8 Å². The minimum Gasteiger partial charge on any atom is -0.493 e. The summed E-state index contributed by atoms with van der Waals surface area (Å²) in [5, 5.41) is 0. The number of benzene rings is 1. The molecule has 1 aromatic heterocycles. The lowest BCUT2D eigenvalue weighted by Gasteiger charge is -2.17. The van der Waals surface area contributed by atoms with Crippen molar-refractivity contribution in [2.45, 2.75) is 32.6 Å². The van der Waals surface area contributed by atoms with Crippen molar-refractivity contribution >= 4 is 17.2 Å². The smallest absolute Gasteiger partial charge is 0.263 e. The number of nitrogens with zero attached hydrogens (tertiary/aromatic N) is 1. The zero-order chi connectivity index (χ0) is 18.7. The van der Waals surface area contributed by atoms with Crippen LogP contribution in [-0.2, 0) is 19.3 Å². The van der Waals surface area contributed by atoms with Crippen molar-refractivity contribution in [3.05, 3.63) is 45.1 Å². The van der Waals surface area contributed by atoms with Crippen LogP contribution >= 0.6 is 11.3 Å². The Hall–Kier alpha value is -2.01. The van der Waals surface area contributed by atoms with Crippen LogP contribution in [0.5, 0.6) is 11.5 Å². The van der Waals surface area contributed by atoms with E-state index in [-0.39, 0.29) is 5.91 Å². The largest absolute Gasteiger partial charge is 0.493 e. The van der Waals surface area contributed by atoms with Crippen LogP contribution in [0.25, 0.3) is 0 Å². The Balaban J connectivity index is 1.63. The predicted octanol–water partition coefficient (Wildman–Crippen LogP) is 4.20. The molecule has 1 aromatic carbocycles. The van der Waals surface area contributed by atoms with E-state index in [1.807, 2.05) is 30.1 Å². The molecule has 0 bridgehead atoms. The van der Waals surface area contributed by atoms with E-state index in [2.05, 4.69) is 13.0 Å². The van der Waals surface area contributed by atoms with Crippen molar-refractivity contribution < 1.29 is 14.3 Å². The summed E-state index contributed by atoms with van der Waals surface area (Å²) in [6.07, 6.45) is 4.24. The molecule has 1 amide bonds. The van der Waals surface area contributed by atoms with Crippen molar-refractivity contribution in [3.63, 3.8) is 0 Å². The Kier molecular flexibility index (Phi) is 5.87. The van der Waals surface area contributed by atoms with Crippen molar-refractivity contribution in [2.24, 2.45) is 5.92 Å². The van der Waals surface area contributed by atoms with Crippen molar-refractivity contribution in [2.75, 3.05) is 27.8 Å². The third kappa shape index (κ3) is 4.04. The molecule has 26 heavy (non-hydrogen) atoms. The third-order valence-corrected chi connectivity index (χ3v) is 6.30.